The van der Waals surface area contributed by atoms with Gasteiger partial charge >= 0.3 is 5.91 Å². The van der Waals surface area contributed by atoms with E-state index in [9.17, 15) is 17.6 Å². The van der Waals surface area contributed by atoms with E-state index in [-0.39, 0.29) is 27.5 Å². The second kappa shape index (κ2) is 7.43. The van der Waals surface area contributed by atoms with Gasteiger partial charge in [-0.3, -0.25) is 4.79 Å². The summed E-state index contributed by atoms with van der Waals surface area (Å²) in [5.74, 6) is -1.75. The highest BCUT2D eigenvalue weighted by atomic mass is 32.2. The van der Waals surface area contributed by atoms with Crippen molar-refractivity contribution in [2.75, 3.05) is 18.0 Å². The standard InChI is InChI=1S/C22H23FN2O4S/c1-13(2)16-7-4-6-14(3)21(16)30(27,28)24-22(26)20-12-17-18(23)10-15(11-19(17)29-20)25-8-5-9-25/h4,6-7,10-13H,5,8-9H2,1-3H3,(H,24,26). The van der Waals surface area contributed by atoms with Crippen molar-refractivity contribution in [3.8, 4) is 0 Å². The molecule has 1 saturated heterocycles. The Morgan fingerprint density at radius 1 is 1.20 bits per heavy atom. The van der Waals surface area contributed by atoms with E-state index in [1.807, 2.05) is 18.7 Å². The van der Waals surface area contributed by atoms with Crippen LogP contribution in [0.5, 0.6) is 0 Å². The second-order valence-corrected chi connectivity index (χ2v) is 9.49. The Balaban J connectivity index is 1.67. The molecule has 2 aromatic carbocycles. The van der Waals surface area contributed by atoms with Gasteiger partial charge in [-0.05, 0) is 36.5 Å². The molecule has 30 heavy (non-hydrogen) atoms. The lowest BCUT2D eigenvalue weighted by Gasteiger charge is -2.33. The number of sulfonamides is 1. The number of hydrogen-bond acceptors (Lipinski definition) is 5. The van der Waals surface area contributed by atoms with Crippen LogP contribution in [0.1, 0.15) is 47.9 Å². The van der Waals surface area contributed by atoms with Gasteiger partial charge in [-0.15, -0.1) is 0 Å². The van der Waals surface area contributed by atoms with Gasteiger partial charge in [0.05, 0.1) is 10.3 Å². The molecule has 1 fully saturated rings. The number of hydrogen-bond donors (Lipinski definition) is 1. The monoisotopic (exact) mass is 430 g/mol. The fraction of sp³-hybridized carbons (Fsp3) is 0.318. The van der Waals surface area contributed by atoms with Gasteiger partial charge < -0.3 is 9.32 Å². The molecule has 0 radical (unpaired) electrons. The maximum Gasteiger partial charge on any atom is 0.300 e. The van der Waals surface area contributed by atoms with Crippen molar-refractivity contribution in [1.82, 2.24) is 4.72 Å². The maximum atomic E-state index is 14.5. The Labute approximate surface area is 174 Å². The molecule has 1 N–H and O–H groups in total. The second-order valence-electron chi connectivity index (χ2n) is 7.87. The van der Waals surface area contributed by atoms with Gasteiger partial charge in [0.2, 0.25) is 0 Å². The first-order chi connectivity index (χ1) is 14.2. The molecule has 3 aromatic rings. The van der Waals surface area contributed by atoms with Crippen molar-refractivity contribution < 1.29 is 22.0 Å². The minimum absolute atomic E-state index is 0.0493. The van der Waals surface area contributed by atoms with Crippen LogP contribution in [0.15, 0.2) is 45.7 Å². The number of anilines is 1. The van der Waals surface area contributed by atoms with Crippen molar-refractivity contribution in [3.05, 3.63) is 59.1 Å². The zero-order chi connectivity index (χ0) is 21.6. The Morgan fingerprint density at radius 3 is 2.57 bits per heavy atom. The smallest absolute Gasteiger partial charge is 0.300 e. The fourth-order valence-corrected chi connectivity index (χ4v) is 5.22. The van der Waals surface area contributed by atoms with Crippen LogP contribution in [0.3, 0.4) is 0 Å². The van der Waals surface area contributed by atoms with E-state index in [4.69, 9.17) is 4.42 Å². The van der Waals surface area contributed by atoms with Crippen LogP contribution in [0.4, 0.5) is 10.1 Å². The number of carbonyl (C=O) groups is 1. The van der Waals surface area contributed by atoms with Crippen LogP contribution in [0.2, 0.25) is 0 Å². The lowest BCUT2D eigenvalue weighted by atomic mass is 10.0. The molecule has 1 aromatic heterocycles. The molecule has 0 saturated carbocycles. The zero-order valence-corrected chi connectivity index (χ0v) is 17.8. The fourth-order valence-electron chi connectivity index (χ4n) is 3.67. The Bertz CT molecular complexity index is 1240. The lowest BCUT2D eigenvalue weighted by molar-refractivity contribution is 0.0956. The summed E-state index contributed by atoms with van der Waals surface area (Å²) in [4.78, 5) is 14.8. The summed E-state index contributed by atoms with van der Waals surface area (Å²) in [5, 5.41) is 0.139. The molecule has 6 nitrogen and oxygen atoms in total. The number of fused-ring (bicyclic) bond motifs is 1. The highest BCUT2D eigenvalue weighted by Crippen LogP contribution is 2.31. The first-order valence-electron chi connectivity index (χ1n) is 9.82. The number of rotatable bonds is 5. The van der Waals surface area contributed by atoms with E-state index in [1.54, 1.807) is 31.2 Å². The minimum Gasteiger partial charge on any atom is -0.451 e. The summed E-state index contributed by atoms with van der Waals surface area (Å²) in [6.45, 7) is 7.12. The third-order valence-electron chi connectivity index (χ3n) is 5.38. The van der Waals surface area contributed by atoms with Crippen LogP contribution >= 0.6 is 0 Å². The van der Waals surface area contributed by atoms with Gasteiger partial charge in [-0.2, -0.15) is 0 Å². The van der Waals surface area contributed by atoms with Gasteiger partial charge in [-0.1, -0.05) is 32.0 Å². The summed E-state index contributed by atoms with van der Waals surface area (Å²) in [7, 11) is -4.14. The van der Waals surface area contributed by atoms with E-state index in [2.05, 4.69) is 4.72 Å². The number of benzene rings is 2. The summed E-state index contributed by atoms with van der Waals surface area (Å²) in [5.41, 5.74) is 2.04. The van der Waals surface area contributed by atoms with Gasteiger partial charge in [0.1, 0.15) is 11.4 Å². The van der Waals surface area contributed by atoms with Crippen LogP contribution in [0, 0.1) is 12.7 Å². The number of furan rings is 1. The van der Waals surface area contributed by atoms with Crippen molar-refractivity contribution in [1.29, 1.82) is 0 Å². The van der Waals surface area contributed by atoms with Gasteiger partial charge in [0.25, 0.3) is 10.0 Å². The molecule has 0 atom stereocenters. The molecular formula is C22H23FN2O4S. The number of nitrogens with one attached hydrogen (secondary N) is 1. The lowest BCUT2D eigenvalue weighted by Crippen LogP contribution is -2.36. The molecule has 0 aliphatic carbocycles. The molecule has 158 valence electrons. The largest absolute Gasteiger partial charge is 0.451 e. The van der Waals surface area contributed by atoms with Crippen LogP contribution in [0.25, 0.3) is 11.0 Å². The minimum atomic E-state index is -4.14. The summed E-state index contributed by atoms with van der Waals surface area (Å²) in [6.07, 6.45) is 1.04. The molecule has 0 bridgehead atoms. The molecular weight excluding hydrogens is 407 g/mol. The van der Waals surface area contributed by atoms with Crippen molar-refractivity contribution in [3.63, 3.8) is 0 Å². The Morgan fingerprint density at radius 2 is 1.93 bits per heavy atom. The summed E-state index contributed by atoms with van der Waals surface area (Å²) < 4.78 is 48.1. The van der Waals surface area contributed by atoms with E-state index in [0.29, 0.717) is 16.8 Å². The molecule has 1 aliphatic heterocycles. The molecule has 0 spiro atoms. The van der Waals surface area contributed by atoms with E-state index in [0.717, 1.165) is 19.5 Å². The molecule has 1 aliphatic rings. The molecule has 1 amide bonds. The Hall–Kier alpha value is -2.87. The van der Waals surface area contributed by atoms with E-state index in [1.165, 1.54) is 12.1 Å². The molecule has 2 heterocycles. The highest BCUT2D eigenvalue weighted by Gasteiger charge is 2.27. The van der Waals surface area contributed by atoms with Gasteiger partial charge in [-0.25, -0.2) is 17.5 Å². The molecule has 0 unspecified atom stereocenters. The number of aryl methyl sites for hydroxylation is 1. The highest BCUT2D eigenvalue weighted by molar-refractivity contribution is 7.90. The molecule has 4 rings (SSSR count). The topological polar surface area (TPSA) is 79.6 Å². The van der Waals surface area contributed by atoms with Crippen LogP contribution in [-0.4, -0.2) is 27.4 Å². The average Bonchev–Trinajstić information content (AvgIpc) is 3.04. The normalized spacial score (nSPS) is 14.2. The van der Waals surface area contributed by atoms with Crippen molar-refractivity contribution >= 4 is 32.6 Å². The SMILES string of the molecule is Cc1cccc(C(C)C)c1S(=O)(=O)NC(=O)c1cc2c(F)cc(N3CCC3)cc2o1. The summed E-state index contributed by atoms with van der Waals surface area (Å²) in [6, 6.07) is 9.49. The van der Waals surface area contributed by atoms with Crippen LogP contribution in [-0.2, 0) is 10.0 Å². The summed E-state index contributed by atoms with van der Waals surface area (Å²) >= 11 is 0. The first-order valence-corrected chi connectivity index (χ1v) is 11.3. The van der Waals surface area contributed by atoms with Gasteiger partial charge in [0.15, 0.2) is 5.76 Å². The number of carbonyl (C=O) groups excluding carboxylic acids is 1. The third-order valence-corrected chi connectivity index (χ3v) is 6.93. The quantitative estimate of drug-likeness (QED) is 0.652. The van der Waals surface area contributed by atoms with Crippen LogP contribution < -0.4 is 9.62 Å². The third kappa shape index (κ3) is 3.56. The zero-order valence-electron chi connectivity index (χ0n) is 17.0. The van der Waals surface area contributed by atoms with Crippen molar-refractivity contribution in [2.24, 2.45) is 0 Å². The van der Waals surface area contributed by atoms with E-state index < -0.39 is 21.7 Å². The maximum absolute atomic E-state index is 14.5. The van der Waals surface area contributed by atoms with Crippen molar-refractivity contribution in [2.45, 2.75) is 38.0 Å². The van der Waals surface area contributed by atoms with Gasteiger partial charge in [0, 0.05) is 30.9 Å². The number of amides is 1. The number of halogens is 1. The first kappa shape index (κ1) is 20.4. The number of nitrogens with zero attached hydrogens (tertiary/aromatic N) is 1. The average molecular weight is 431 g/mol. The predicted octanol–water partition coefficient (Wildman–Crippen LogP) is 4.33. The predicted molar refractivity (Wildman–Crippen MR) is 113 cm³/mol. The molecule has 8 heteroatoms. The van der Waals surface area contributed by atoms with E-state index >= 15 is 0 Å². The Kier molecular flexibility index (Phi) is 5.05.